The molecule has 0 saturated heterocycles. The number of aliphatic carboxylic acids is 1. The number of nitrogens with one attached hydrogen (secondary N) is 2. The van der Waals surface area contributed by atoms with Crippen LogP contribution in [0.4, 0.5) is 4.79 Å². The minimum atomic E-state index is -1.14. The summed E-state index contributed by atoms with van der Waals surface area (Å²) < 4.78 is 11.1. The van der Waals surface area contributed by atoms with Crippen molar-refractivity contribution in [3.8, 4) is 5.75 Å². The van der Waals surface area contributed by atoms with E-state index < -0.39 is 18.1 Å². The molecule has 0 bridgehead atoms. The van der Waals surface area contributed by atoms with E-state index in [1.54, 1.807) is 6.20 Å². The first kappa shape index (κ1) is 22.0. The Morgan fingerprint density at radius 1 is 0.879 bits per heavy atom. The molecule has 3 aromatic carbocycles. The van der Waals surface area contributed by atoms with Crippen LogP contribution in [-0.4, -0.2) is 28.2 Å². The molecule has 7 nitrogen and oxygen atoms in total. The molecule has 0 unspecified atom stereocenters. The predicted molar refractivity (Wildman–Crippen MR) is 124 cm³/mol. The molecule has 1 heterocycles. The number of hydrogen-bond acceptors (Lipinski definition) is 4. The number of rotatable bonds is 9. The second-order valence-corrected chi connectivity index (χ2v) is 7.57. The normalized spacial score (nSPS) is 11.6. The molecule has 3 N–H and O–H groups in total. The van der Waals surface area contributed by atoms with E-state index >= 15 is 0 Å². The van der Waals surface area contributed by atoms with E-state index in [1.165, 1.54) is 0 Å². The Morgan fingerprint density at radius 3 is 2.21 bits per heavy atom. The number of aromatic nitrogens is 1. The highest BCUT2D eigenvalue weighted by atomic mass is 16.5. The van der Waals surface area contributed by atoms with Crippen LogP contribution in [0.25, 0.3) is 10.9 Å². The van der Waals surface area contributed by atoms with Crippen molar-refractivity contribution in [1.82, 2.24) is 10.3 Å². The first-order valence-electron chi connectivity index (χ1n) is 10.6. The average Bonchev–Trinajstić information content (AvgIpc) is 3.25. The van der Waals surface area contributed by atoms with E-state index in [4.69, 9.17) is 9.47 Å². The number of carboxylic acid groups (broad SMARTS) is 1. The largest absolute Gasteiger partial charge is 0.487 e. The smallest absolute Gasteiger partial charge is 0.408 e. The van der Waals surface area contributed by atoms with Gasteiger partial charge in [0.15, 0.2) is 0 Å². The lowest BCUT2D eigenvalue weighted by Crippen LogP contribution is -2.42. The van der Waals surface area contributed by atoms with E-state index in [2.05, 4.69) is 10.3 Å². The van der Waals surface area contributed by atoms with Gasteiger partial charge in [-0.05, 0) is 22.8 Å². The van der Waals surface area contributed by atoms with Crippen LogP contribution in [0.3, 0.4) is 0 Å². The topological polar surface area (TPSA) is 101 Å². The molecule has 0 spiro atoms. The van der Waals surface area contributed by atoms with Crippen LogP contribution < -0.4 is 10.1 Å². The minimum Gasteiger partial charge on any atom is -0.487 e. The Labute approximate surface area is 191 Å². The summed E-state index contributed by atoms with van der Waals surface area (Å²) in [5, 5.41) is 12.9. The number of hydrogen-bond donors (Lipinski definition) is 3. The maximum absolute atomic E-state index is 12.2. The van der Waals surface area contributed by atoms with E-state index in [0.717, 1.165) is 27.6 Å². The molecule has 0 fully saturated rings. The Balaban J connectivity index is 1.42. The number of alkyl carbamates (subject to hydrolysis) is 1. The molecule has 33 heavy (non-hydrogen) atoms. The molecule has 4 aromatic rings. The van der Waals surface area contributed by atoms with Crippen LogP contribution >= 0.6 is 0 Å². The number of aromatic amines is 1. The number of para-hydroxylation sites is 1. The molecule has 0 aliphatic rings. The summed E-state index contributed by atoms with van der Waals surface area (Å²) in [6.07, 6.45) is 1.06. The first-order valence-corrected chi connectivity index (χ1v) is 10.6. The molecule has 7 heteroatoms. The standard InChI is InChI=1S/C26H24N2O5/c29-25(30)22(28-26(31)33-17-19-10-5-2-6-11-19)14-20-15-27-24-21(20)12-7-13-23(24)32-16-18-8-3-1-4-9-18/h1-13,15,22,27H,14,16-17H2,(H,28,31)(H,29,30)/t22-/m0/s1. The van der Waals surface area contributed by atoms with E-state index in [9.17, 15) is 14.7 Å². The fourth-order valence-corrected chi connectivity index (χ4v) is 3.54. The zero-order valence-corrected chi connectivity index (χ0v) is 17.9. The number of carboxylic acids is 1. The molecular weight excluding hydrogens is 420 g/mol. The Kier molecular flexibility index (Phi) is 6.90. The Bertz CT molecular complexity index is 1220. The molecule has 4 rings (SSSR count). The van der Waals surface area contributed by atoms with Gasteiger partial charge in [-0.2, -0.15) is 0 Å². The second kappa shape index (κ2) is 10.4. The highest BCUT2D eigenvalue weighted by Gasteiger charge is 2.23. The van der Waals surface area contributed by atoms with Crippen molar-refractivity contribution in [1.29, 1.82) is 0 Å². The van der Waals surface area contributed by atoms with Crippen LogP contribution in [0.1, 0.15) is 16.7 Å². The average molecular weight is 444 g/mol. The third-order valence-corrected chi connectivity index (χ3v) is 5.23. The third kappa shape index (κ3) is 5.71. The molecule has 0 aliphatic carbocycles. The first-order chi connectivity index (χ1) is 16.1. The van der Waals surface area contributed by atoms with Gasteiger partial charge < -0.3 is 24.9 Å². The minimum absolute atomic E-state index is 0.0637. The summed E-state index contributed by atoms with van der Waals surface area (Å²) in [6.45, 7) is 0.481. The number of ether oxygens (including phenoxy) is 2. The van der Waals surface area contributed by atoms with Crippen molar-refractivity contribution < 1.29 is 24.2 Å². The van der Waals surface area contributed by atoms with Crippen LogP contribution in [0.5, 0.6) is 5.75 Å². The Hall–Kier alpha value is -4.26. The van der Waals surface area contributed by atoms with Gasteiger partial charge in [0.2, 0.25) is 0 Å². The van der Waals surface area contributed by atoms with E-state index in [1.807, 2.05) is 78.9 Å². The van der Waals surface area contributed by atoms with Gasteiger partial charge in [0.1, 0.15) is 25.0 Å². The lowest BCUT2D eigenvalue weighted by molar-refractivity contribution is -0.139. The fraction of sp³-hybridized carbons (Fsp3) is 0.154. The number of amides is 1. The van der Waals surface area contributed by atoms with Gasteiger partial charge in [-0.3, -0.25) is 0 Å². The van der Waals surface area contributed by atoms with Gasteiger partial charge in [-0.1, -0.05) is 72.8 Å². The zero-order chi connectivity index (χ0) is 23.0. The zero-order valence-electron chi connectivity index (χ0n) is 17.9. The summed E-state index contributed by atoms with van der Waals surface area (Å²) in [7, 11) is 0. The van der Waals surface area contributed by atoms with Gasteiger partial charge >= 0.3 is 12.1 Å². The van der Waals surface area contributed by atoms with Crippen molar-refractivity contribution in [2.75, 3.05) is 0 Å². The maximum Gasteiger partial charge on any atom is 0.408 e. The van der Waals surface area contributed by atoms with Gasteiger partial charge in [0, 0.05) is 18.0 Å². The molecule has 0 radical (unpaired) electrons. The predicted octanol–water partition coefficient (Wildman–Crippen LogP) is 4.67. The summed E-state index contributed by atoms with van der Waals surface area (Å²) in [4.78, 5) is 27.1. The van der Waals surface area contributed by atoms with E-state index in [-0.39, 0.29) is 13.0 Å². The summed E-state index contributed by atoms with van der Waals surface area (Å²) in [6, 6.07) is 23.5. The molecule has 0 aliphatic heterocycles. The Morgan fingerprint density at radius 2 is 1.55 bits per heavy atom. The molecule has 1 atom stereocenters. The van der Waals surface area contributed by atoms with Crippen LogP contribution in [0.2, 0.25) is 0 Å². The van der Waals surface area contributed by atoms with Crippen molar-refractivity contribution in [2.24, 2.45) is 0 Å². The van der Waals surface area contributed by atoms with Gasteiger partial charge in [-0.25, -0.2) is 9.59 Å². The lowest BCUT2D eigenvalue weighted by Gasteiger charge is -2.14. The molecular formula is C26H24N2O5. The van der Waals surface area contributed by atoms with Crippen LogP contribution in [0, 0.1) is 0 Å². The van der Waals surface area contributed by atoms with Crippen molar-refractivity contribution in [3.63, 3.8) is 0 Å². The maximum atomic E-state index is 12.2. The number of carbonyl (C=O) groups is 2. The van der Waals surface area contributed by atoms with Crippen LogP contribution in [-0.2, 0) is 29.2 Å². The van der Waals surface area contributed by atoms with E-state index in [0.29, 0.717) is 12.4 Å². The van der Waals surface area contributed by atoms with Crippen LogP contribution in [0.15, 0.2) is 85.1 Å². The molecule has 1 aromatic heterocycles. The third-order valence-electron chi connectivity index (χ3n) is 5.23. The molecule has 1 amide bonds. The number of benzene rings is 3. The summed E-state index contributed by atoms with van der Waals surface area (Å²) >= 11 is 0. The quantitative estimate of drug-likeness (QED) is 0.348. The van der Waals surface area contributed by atoms with Crippen molar-refractivity contribution in [3.05, 3.63) is 102 Å². The summed E-state index contributed by atoms with van der Waals surface area (Å²) in [5.41, 5.74) is 3.40. The lowest BCUT2D eigenvalue weighted by atomic mass is 10.0. The van der Waals surface area contributed by atoms with Crippen molar-refractivity contribution >= 4 is 23.0 Å². The monoisotopic (exact) mass is 444 g/mol. The number of carbonyl (C=O) groups excluding carboxylic acids is 1. The van der Waals surface area contributed by atoms with Crippen molar-refractivity contribution in [2.45, 2.75) is 25.7 Å². The number of fused-ring (bicyclic) bond motifs is 1. The highest BCUT2D eigenvalue weighted by molar-refractivity contribution is 5.89. The second-order valence-electron chi connectivity index (χ2n) is 7.57. The van der Waals surface area contributed by atoms with Gasteiger partial charge in [0.25, 0.3) is 0 Å². The number of H-pyrrole nitrogens is 1. The molecule has 0 saturated carbocycles. The SMILES string of the molecule is O=C(N[C@@H](Cc1c[nH]c2c(OCc3ccccc3)cccc12)C(=O)O)OCc1ccccc1. The molecule has 168 valence electrons. The summed E-state index contributed by atoms with van der Waals surface area (Å²) in [5.74, 6) is -0.470. The van der Waals surface area contributed by atoms with Gasteiger partial charge in [-0.15, -0.1) is 0 Å². The fourth-order valence-electron chi connectivity index (χ4n) is 3.54. The van der Waals surface area contributed by atoms with Gasteiger partial charge in [0.05, 0.1) is 5.52 Å². The highest BCUT2D eigenvalue weighted by Crippen LogP contribution is 2.28.